The predicted octanol–water partition coefficient (Wildman–Crippen LogP) is 4.68. The van der Waals surface area contributed by atoms with E-state index in [1.54, 1.807) is 12.4 Å². The average Bonchev–Trinajstić information content (AvgIpc) is 3.57. The molecule has 1 fully saturated rings. The third-order valence-electron chi connectivity index (χ3n) is 6.46. The van der Waals surface area contributed by atoms with Crippen LogP contribution in [0.15, 0.2) is 85.3 Å². The Labute approximate surface area is 198 Å². The second kappa shape index (κ2) is 8.76. The summed E-state index contributed by atoms with van der Waals surface area (Å²) < 4.78 is 7.79. The molecule has 6 rings (SSSR count). The average molecular weight is 452 g/mol. The fourth-order valence-electron chi connectivity index (χ4n) is 4.77. The van der Waals surface area contributed by atoms with Crippen molar-refractivity contribution in [3.63, 3.8) is 0 Å². The molecular formula is C27H25N5O2. The van der Waals surface area contributed by atoms with Crippen molar-refractivity contribution in [1.82, 2.24) is 19.7 Å². The van der Waals surface area contributed by atoms with Gasteiger partial charge in [-0.3, -0.25) is 9.78 Å². The second-order valence-corrected chi connectivity index (χ2v) is 8.63. The molecule has 170 valence electrons. The van der Waals surface area contributed by atoms with E-state index in [0.29, 0.717) is 12.1 Å². The van der Waals surface area contributed by atoms with E-state index in [1.807, 2.05) is 82.5 Å². The fourth-order valence-corrected chi connectivity index (χ4v) is 4.77. The smallest absolute Gasteiger partial charge is 0.257 e. The summed E-state index contributed by atoms with van der Waals surface area (Å²) in [5, 5.41) is 8.58. The number of hydrogen-bond acceptors (Lipinski definition) is 5. The molecule has 7 nitrogen and oxygen atoms in total. The molecule has 0 aliphatic carbocycles. The molecule has 7 heteroatoms. The van der Waals surface area contributed by atoms with Gasteiger partial charge in [-0.25, -0.2) is 4.68 Å². The number of pyridine rings is 1. The molecule has 2 aliphatic rings. The molecule has 0 saturated carbocycles. The standard InChI is InChI=1S/C27H25N5O2/c33-27-22-10-4-5-11-24(22)29-26(31(27)17-21-9-6-16-34-21)23-18-32(20-7-2-1-3-8-20)30-25(23)19-12-14-28-15-13-19/h1-5,7-8,10-15,18,21,26,29H,6,9,16-17H2. The Morgan fingerprint density at radius 2 is 1.79 bits per heavy atom. The Hall–Kier alpha value is -3.97. The van der Waals surface area contributed by atoms with E-state index in [1.165, 1.54) is 0 Å². The van der Waals surface area contributed by atoms with Gasteiger partial charge in [-0.1, -0.05) is 30.3 Å². The maximum Gasteiger partial charge on any atom is 0.257 e. The normalized spacial score (nSPS) is 19.6. The molecular weight excluding hydrogens is 426 g/mol. The second-order valence-electron chi connectivity index (χ2n) is 8.63. The number of benzene rings is 2. The van der Waals surface area contributed by atoms with E-state index < -0.39 is 0 Å². The molecule has 2 unspecified atom stereocenters. The number of carbonyl (C=O) groups excluding carboxylic acids is 1. The summed E-state index contributed by atoms with van der Waals surface area (Å²) in [5.41, 5.74) is 5.15. The number of fused-ring (bicyclic) bond motifs is 1. The lowest BCUT2D eigenvalue weighted by molar-refractivity contribution is 0.0427. The SMILES string of the molecule is O=C1c2ccccc2NC(c2cn(-c3ccccc3)nc2-c2ccncc2)N1CC1CCCO1. The van der Waals surface area contributed by atoms with Gasteiger partial charge in [0.05, 0.1) is 23.0 Å². The third kappa shape index (κ3) is 3.74. The largest absolute Gasteiger partial charge is 0.376 e. The molecule has 1 N–H and O–H groups in total. The lowest BCUT2D eigenvalue weighted by Gasteiger charge is -2.39. The summed E-state index contributed by atoms with van der Waals surface area (Å²) in [7, 11) is 0. The van der Waals surface area contributed by atoms with E-state index in [-0.39, 0.29) is 18.2 Å². The van der Waals surface area contributed by atoms with Gasteiger partial charge < -0.3 is 15.0 Å². The van der Waals surface area contributed by atoms with E-state index in [9.17, 15) is 4.79 Å². The summed E-state index contributed by atoms with van der Waals surface area (Å²) >= 11 is 0. The summed E-state index contributed by atoms with van der Waals surface area (Å²) in [4.78, 5) is 19.8. The number of rotatable bonds is 5. The van der Waals surface area contributed by atoms with Crippen molar-refractivity contribution < 1.29 is 9.53 Å². The molecule has 4 heterocycles. The number of anilines is 1. The summed E-state index contributed by atoms with van der Waals surface area (Å²) in [6, 6.07) is 21.6. The van der Waals surface area contributed by atoms with Crippen molar-refractivity contribution in [2.75, 3.05) is 18.5 Å². The number of nitrogens with one attached hydrogen (secondary N) is 1. The van der Waals surface area contributed by atoms with Gasteiger partial charge in [0.15, 0.2) is 0 Å². The number of nitrogens with zero attached hydrogens (tertiary/aromatic N) is 4. The monoisotopic (exact) mass is 451 g/mol. The maximum absolute atomic E-state index is 13.7. The molecule has 0 radical (unpaired) electrons. The highest BCUT2D eigenvalue weighted by Gasteiger charge is 2.37. The highest BCUT2D eigenvalue weighted by molar-refractivity contribution is 6.02. The van der Waals surface area contributed by atoms with Crippen molar-refractivity contribution in [1.29, 1.82) is 0 Å². The molecule has 0 bridgehead atoms. The highest BCUT2D eigenvalue weighted by atomic mass is 16.5. The van der Waals surface area contributed by atoms with Gasteiger partial charge in [-0.2, -0.15) is 5.10 Å². The van der Waals surface area contributed by atoms with Gasteiger partial charge in [0.2, 0.25) is 0 Å². The van der Waals surface area contributed by atoms with Gasteiger partial charge in [-0.15, -0.1) is 0 Å². The predicted molar refractivity (Wildman–Crippen MR) is 130 cm³/mol. The van der Waals surface area contributed by atoms with Crippen molar-refractivity contribution in [2.24, 2.45) is 0 Å². The van der Waals surface area contributed by atoms with E-state index in [2.05, 4.69) is 10.3 Å². The molecule has 2 aromatic carbocycles. The van der Waals surface area contributed by atoms with Crippen LogP contribution in [-0.2, 0) is 4.74 Å². The third-order valence-corrected chi connectivity index (χ3v) is 6.46. The first-order chi connectivity index (χ1) is 16.8. The van der Waals surface area contributed by atoms with Gasteiger partial charge >= 0.3 is 0 Å². The Bertz CT molecular complexity index is 1300. The van der Waals surface area contributed by atoms with Crippen LogP contribution in [0.1, 0.15) is 34.9 Å². The lowest BCUT2D eigenvalue weighted by atomic mass is 10.0. The highest BCUT2D eigenvalue weighted by Crippen LogP contribution is 2.38. The first-order valence-electron chi connectivity index (χ1n) is 11.6. The molecule has 1 saturated heterocycles. The summed E-state index contributed by atoms with van der Waals surface area (Å²) in [6.45, 7) is 1.27. The van der Waals surface area contributed by atoms with Crippen molar-refractivity contribution >= 4 is 11.6 Å². The van der Waals surface area contributed by atoms with Crippen molar-refractivity contribution in [3.8, 4) is 16.9 Å². The number of amides is 1. The Kier molecular flexibility index (Phi) is 5.31. The van der Waals surface area contributed by atoms with E-state index in [0.717, 1.165) is 47.6 Å². The van der Waals surface area contributed by atoms with E-state index >= 15 is 0 Å². The molecule has 2 aromatic heterocycles. The van der Waals surface area contributed by atoms with Gasteiger partial charge in [0.1, 0.15) is 6.17 Å². The topological polar surface area (TPSA) is 72.3 Å². The van der Waals surface area contributed by atoms with Crippen LogP contribution in [-0.4, -0.2) is 44.8 Å². The molecule has 4 aromatic rings. The minimum Gasteiger partial charge on any atom is -0.376 e. The van der Waals surface area contributed by atoms with Crippen LogP contribution in [0, 0.1) is 0 Å². The van der Waals surface area contributed by atoms with Crippen LogP contribution >= 0.6 is 0 Å². The molecule has 34 heavy (non-hydrogen) atoms. The van der Waals surface area contributed by atoms with Crippen molar-refractivity contribution in [3.05, 3.63) is 96.4 Å². The van der Waals surface area contributed by atoms with Crippen molar-refractivity contribution in [2.45, 2.75) is 25.1 Å². The molecule has 2 atom stereocenters. The lowest BCUT2D eigenvalue weighted by Crippen LogP contribution is -2.46. The first-order valence-corrected chi connectivity index (χ1v) is 11.6. The fraction of sp³-hybridized carbons (Fsp3) is 0.222. The quantitative estimate of drug-likeness (QED) is 0.477. The summed E-state index contributed by atoms with van der Waals surface area (Å²) in [5.74, 6) is 0.00277. The molecule has 1 amide bonds. The van der Waals surface area contributed by atoms with Crippen LogP contribution in [0.4, 0.5) is 5.69 Å². The Balaban J connectivity index is 1.49. The number of aromatic nitrogens is 3. The number of hydrogen-bond donors (Lipinski definition) is 1. The number of ether oxygens (including phenoxy) is 1. The molecule has 0 spiro atoms. The van der Waals surface area contributed by atoms with Crippen LogP contribution < -0.4 is 5.32 Å². The Morgan fingerprint density at radius 3 is 2.59 bits per heavy atom. The minimum atomic E-state index is -0.382. The van der Waals surface area contributed by atoms with Gasteiger partial charge in [-0.05, 0) is 49.2 Å². The van der Waals surface area contributed by atoms with Gasteiger partial charge in [0, 0.05) is 48.6 Å². The Morgan fingerprint density at radius 1 is 1.00 bits per heavy atom. The molecule has 2 aliphatic heterocycles. The zero-order valence-electron chi connectivity index (χ0n) is 18.7. The van der Waals surface area contributed by atoms with Crippen LogP contribution in [0.2, 0.25) is 0 Å². The van der Waals surface area contributed by atoms with E-state index in [4.69, 9.17) is 9.84 Å². The summed E-state index contributed by atoms with van der Waals surface area (Å²) in [6.07, 6.45) is 7.18. The zero-order chi connectivity index (χ0) is 22.9. The first kappa shape index (κ1) is 20.6. The minimum absolute atomic E-state index is 0.00277. The zero-order valence-corrected chi connectivity index (χ0v) is 18.7. The number of carbonyl (C=O) groups is 1. The van der Waals surface area contributed by atoms with Gasteiger partial charge in [0.25, 0.3) is 5.91 Å². The van der Waals surface area contributed by atoms with Crippen LogP contribution in [0.5, 0.6) is 0 Å². The van der Waals surface area contributed by atoms with Crippen LogP contribution in [0.25, 0.3) is 16.9 Å². The van der Waals surface area contributed by atoms with Crippen LogP contribution in [0.3, 0.4) is 0 Å². The number of para-hydroxylation sites is 2. The maximum atomic E-state index is 13.7.